The zero-order chi connectivity index (χ0) is 17.7. The van der Waals surface area contributed by atoms with Gasteiger partial charge >= 0.3 is 5.97 Å². The van der Waals surface area contributed by atoms with Crippen molar-refractivity contribution in [1.82, 2.24) is 9.80 Å². The minimum atomic E-state index is -0.923. The number of aromatic carboxylic acids is 1. The number of hydrogen-bond acceptors (Lipinski definition) is 4. The molecule has 1 N–H and O–H groups in total. The largest absolute Gasteiger partial charge is 0.478 e. The molecule has 0 spiro atoms. The zero-order valence-corrected chi connectivity index (χ0v) is 14.6. The Labute approximate surface area is 143 Å². The normalized spacial score (nSPS) is 21.0. The Bertz CT molecular complexity index is 585. The predicted octanol–water partition coefficient (Wildman–Crippen LogP) is 1.84. The number of carbonyl (C=O) groups is 2. The van der Waals surface area contributed by atoms with Gasteiger partial charge in [-0.2, -0.15) is 0 Å². The fraction of sp³-hybridized carbons (Fsp3) is 0.556. The van der Waals surface area contributed by atoms with Gasteiger partial charge in [0, 0.05) is 34.2 Å². The van der Waals surface area contributed by atoms with Crippen LogP contribution in [0.4, 0.5) is 0 Å². The fourth-order valence-corrected chi connectivity index (χ4v) is 3.34. The highest BCUT2D eigenvalue weighted by Crippen LogP contribution is 2.34. The number of amides is 1. The molecule has 0 bridgehead atoms. The van der Waals surface area contributed by atoms with E-state index < -0.39 is 5.97 Å². The Morgan fingerprint density at radius 2 is 1.96 bits per heavy atom. The fourth-order valence-electron chi connectivity index (χ4n) is 3.34. The van der Waals surface area contributed by atoms with Gasteiger partial charge in [0.2, 0.25) is 5.91 Å². The van der Waals surface area contributed by atoms with Crippen LogP contribution in [0.3, 0.4) is 0 Å². The van der Waals surface area contributed by atoms with Crippen LogP contribution >= 0.6 is 0 Å². The first-order valence-electron chi connectivity index (χ1n) is 8.14. The van der Waals surface area contributed by atoms with Gasteiger partial charge in [-0.25, -0.2) is 4.79 Å². The van der Waals surface area contributed by atoms with Crippen LogP contribution in [-0.2, 0) is 16.1 Å². The molecule has 1 aliphatic heterocycles. The summed E-state index contributed by atoms with van der Waals surface area (Å²) in [5.41, 5.74) is 1.03. The zero-order valence-electron chi connectivity index (χ0n) is 14.6. The maximum Gasteiger partial charge on any atom is 0.335 e. The number of methoxy groups -OCH3 is 1. The van der Waals surface area contributed by atoms with Crippen LogP contribution in [-0.4, -0.2) is 66.7 Å². The molecule has 1 fully saturated rings. The lowest BCUT2D eigenvalue weighted by Gasteiger charge is -2.38. The Kier molecular flexibility index (Phi) is 5.96. The summed E-state index contributed by atoms with van der Waals surface area (Å²) in [7, 11) is 5.21. The van der Waals surface area contributed by atoms with Gasteiger partial charge in [0.05, 0.1) is 17.7 Å². The molecule has 1 aromatic carbocycles. The van der Waals surface area contributed by atoms with Crippen molar-refractivity contribution in [3.05, 3.63) is 35.4 Å². The van der Waals surface area contributed by atoms with E-state index in [0.717, 1.165) is 24.9 Å². The summed E-state index contributed by atoms with van der Waals surface area (Å²) < 4.78 is 5.44. The third kappa shape index (κ3) is 4.13. The highest BCUT2D eigenvalue weighted by molar-refractivity contribution is 5.87. The van der Waals surface area contributed by atoms with Crippen LogP contribution in [0.25, 0.3) is 0 Å². The van der Waals surface area contributed by atoms with Gasteiger partial charge in [-0.05, 0) is 37.1 Å². The first-order valence-corrected chi connectivity index (χ1v) is 8.14. The molecule has 0 saturated carbocycles. The summed E-state index contributed by atoms with van der Waals surface area (Å²) in [6, 6.07) is 6.92. The second-order valence-electron chi connectivity index (χ2n) is 6.65. The Morgan fingerprint density at radius 3 is 2.50 bits per heavy atom. The number of carboxylic acid groups (broad SMARTS) is 1. The molecule has 1 amide bonds. The molecule has 1 aromatic rings. The standard InChI is InChI=1S/C18H26N2O4/c1-19(2)16(21)11-18(13-24-3)9-4-10-20(18)12-14-5-7-15(8-6-14)17(22)23/h5-8H,4,9-13H2,1-3H3,(H,22,23). The molecular weight excluding hydrogens is 308 g/mol. The third-order valence-corrected chi connectivity index (χ3v) is 4.71. The van der Waals surface area contributed by atoms with Gasteiger partial charge in [0.1, 0.15) is 0 Å². The molecule has 1 atom stereocenters. The number of rotatable bonds is 7. The quantitative estimate of drug-likeness (QED) is 0.824. The van der Waals surface area contributed by atoms with Crippen LogP contribution in [0.1, 0.15) is 35.2 Å². The van der Waals surface area contributed by atoms with E-state index in [2.05, 4.69) is 4.90 Å². The van der Waals surface area contributed by atoms with E-state index in [-0.39, 0.29) is 17.0 Å². The maximum atomic E-state index is 12.3. The van der Waals surface area contributed by atoms with Gasteiger partial charge in [-0.15, -0.1) is 0 Å². The molecule has 6 heteroatoms. The van der Waals surface area contributed by atoms with E-state index in [9.17, 15) is 9.59 Å². The smallest absolute Gasteiger partial charge is 0.335 e. The summed E-state index contributed by atoms with van der Waals surface area (Å²) in [5.74, 6) is -0.826. The Hall–Kier alpha value is -1.92. The molecule has 2 rings (SSSR count). The van der Waals surface area contributed by atoms with Gasteiger partial charge in [0.25, 0.3) is 0 Å². The average molecular weight is 334 g/mol. The lowest BCUT2D eigenvalue weighted by atomic mass is 9.91. The van der Waals surface area contributed by atoms with Crippen molar-refractivity contribution in [3.8, 4) is 0 Å². The van der Waals surface area contributed by atoms with Crippen LogP contribution < -0.4 is 0 Å². The van der Waals surface area contributed by atoms with Crippen LogP contribution in [0.2, 0.25) is 0 Å². The van der Waals surface area contributed by atoms with Crippen molar-refractivity contribution >= 4 is 11.9 Å². The summed E-state index contributed by atoms with van der Waals surface area (Å²) in [6.45, 7) is 2.11. The highest BCUT2D eigenvalue weighted by Gasteiger charge is 2.42. The minimum Gasteiger partial charge on any atom is -0.478 e. The molecule has 0 radical (unpaired) electrons. The summed E-state index contributed by atoms with van der Waals surface area (Å²) in [4.78, 5) is 27.2. The lowest BCUT2D eigenvalue weighted by molar-refractivity contribution is -0.132. The van der Waals surface area contributed by atoms with Gasteiger partial charge < -0.3 is 14.7 Å². The molecule has 1 saturated heterocycles. The number of benzene rings is 1. The molecule has 1 aliphatic rings. The number of likely N-dealkylation sites (tertiary alicyclic amines) is 1. The van der Waals surface area contributed by atoms with Crippen LogP contribution in [0.15, 0.2) is 24.3 Å². The van der Waals surface area contributed by atoms with Crippen molar-refractivity contribution in [1.29, 1.82) is 0 Å². The summed E-state index contributed by atoms with van der Waals surface area (Å²) in [5, 5.41) is 9.00. The number of ether oxygens (including phenoxy) is 1. The first-order chi connectivity index (χ1) is 11.4. The molecule has 132 valence electrons. The second kappa shape index (κ2) is 7.77. The Morgan fingerprint density at radius 1 is 1.29 bits per heavy atom. The predicted molar refractivity (Wildman–Crippen MR) is 91.0 cm³/mol. The van der Waals surface area contributed by atoms with Crippen molar-refractivity contribution in [2.45, 2.75) is 31.3 Å². The van der Waals surface area contributed by atoms with Gasteiger partial charge in [-0.1, -0.05) is 12.1 Å². The van der Waals surface area contributed by atoms with Crippen LogP contribution in [0.5, 0.6) is 0 Å². The summed E-state index contributed by atoms with van der Waals surface area (Å²) >= 11 is 0. The molecule has 6 nitrogen and oxygen atoms in total. The maximum absolute atomic E-state index is 12.3. The summed E-state index contributed by atoms with van der Waals surface area (Å²) in [6.07, 6.45) is 2.38. The van der Waals surface area contributed by atoms with Crippen molar-refractivity contribution in [2.75, 3.05) is 34.4 Å². The topological polar surface area (TPSA) is 70.1 Å². The van der Waals surface area contributed by atoms with Gasteiger partial charge in [-0.3, -0.25) is 9.69 Å². The van der Waals surface area contributed by atoms with Crippen molar-refractivity contribution < 1.29 is 19.4 Å². The minimum absolute atomic E-state index is 0.0974. The molecule has 1 heterocycles. The third-order valence-electron chi connectivity index (χ3n) is 4.71. The van der Waals surface area contributed by atoms with Crippen molar-refractivity contribution in [3.63, 3.8) is 0 Å². The highest BCUT2D eigenvalue weighted by atomic mass is 16.5. The average Bonchev–Trinajstić information content (AvgIpc) is 2.90. The molecular formula is C18H26N2O4. The molecule has 0 aromatic heterocycles. The van der Waals surface area contributed by atoms with Crippen molar-refractivity contribution in [2.24, 2.45) is 0 Å². The second-order valence-corrected chi connectivity index (χ2v) is 6.65. The van der Waals surface area contributed by atoms with E-state index in [1.54, 1.807) is 38.2 Å². The van der Waals surface area contributed by atoms with E-state index in [4.69, 9.17) is 9.84 Å². The van der Waals surface area contributed by atoms with Gasteiger partial charge in [0.15, 0.2) is 0 Å². The number of carboxylic acids is 1. The number of carbonyl (C=O) groups excluding carboxylic acids is 1. The SMILES string of the molecule is COCC1(CC(=O)N(C)C)CCCN1Cc1ccc(C(=O)O)cc1. The molecule has 1 unspecified atom stereocenters. The lowest BCUT2D eigenvalue weighted by Crippen LogP contribution is -2.50. The monoisotopic (exact) mass is 334 g/mol. The van der Waals surface area contributed by atoms with E-state index in [1.165, 1.54) is 0 Å². The van der Waals surface area contributed by atoms with E-state index >= 15 is 0 Å². The van der Waals surface area contributed by atoms with E-state index in [1.807, 2.05) is 12.1 Å². The molecule has 24 heavy (non-hydrogen) atoms. The number of hydrogen-bond donors (Lipinski definition) is 1. The Balaban J connectivity index is 2.16. The number of nitrogens with zero attached hydrogens (tertiary/aromatic N) is 2. The van der Waals surface area contributed by atoms with E-state index in [0.29, 0.717) is 19.6 Å². The first kappa shape index (κ1) is 18.4. The van der Waals surface area contributed by atoms with Crippen LogP contribution in [0, 0.1) is 0 Å². The molecule has 0 aliphatic carbocycles.